The minimum absolute atomic E-state index is 0.00305. The number of benzene rings is 3. The van der Waals surface area contributed by atoms with Gasteiger partial charge in [-0.1, -0.05) is 43.7 Å². The Kier molecular flexibility index (Phi) is 8.54. The van der Waals surface area contributed by atoms with Crippen LogP contribution in [-0.2, 0) is 16.6 Å². The minimum atomic E-state index is -3.96. The summed E-state index contributed by atoms with van der Waals surface area (Å²) in [6.07, 6.45) is 1.87. The van der Waals surface area contributed by atoms with Gasteiger partial charge < -0.3 is 14.7 Å². The molecule has 0 aliphatic heterocycles. The molecule has 0 amide bonds. The maximum absolute atomic E-state index is 13.2. The summed E-state index contributed by atoms with van der Waals surface area (Å²) in [6, 6.07) is 20.5. The molecule has 8 heteroatoms. The lowest BCUT2D eigenvalue weighted by Gasteiger charge is -2.28. The van der Waals surface area contributed by atoms with Gasteiger partial charge in [0.05, 0.1) is 28.4 Å². The van der Waals surface area contributed by atoms with E-state index in [2.05, 4.69) is 16.5 Å². The average Bonchev–Trinajstić information content (AvgIpc) is 2.83. The Morgan fingerprint density at radius 1 is 1.00 bits per heavy atom. The molecular weight excluding hydrogens is 452 g/mol. The third kappa shape index (κ3) is 6.51. The zero-order chi connectivity index (χ0) is 24.6. The van der Waals surface area contributed by atoms with Gasteiger partial charge in [0, 0.05) is 13.1 Å². The highest BCUT2D eigenvalue weighted by atomic mass is 32.2. The van der Waals surface area contributed by atoms with Gasteiger partial charge in [-0.05, 0) is 61.4 Å². The van der Waals surface area contributed by atoms with E-state index in [0.717, 1.165) is 18.4 Å². The van der Waals surface area contributed by atoms with Crippen molar-refractivity contribution in [3.05, 3.63) is 83.9 Å². The zero-order valence-electron chi connectivity index (χ0n) is 19.4. The van der Waals surface area contributed by atoms with Crippen LogP contribution in [0, 0.1) is 0 Å². The number of anilines is 2. The number of aromatic carboxylic acids is 1. The van der Waals surface area contributed by atoms with Crippen LogP contribution >= 0.6 is 0 Å². The van der Waals surface area contributed by atoms with Crippen molar-refractivity contribution in [2.45, 2.75) is 38.1 Å². The lowest BCUT2D eigenvalue weighted by Crippen LogP contribution is -2.26. The first-order valence-electron chi connectivity index (χ1n) is 11.3. The van der Waals surface area contributed by atoms with E-state index in [1.807, 2.05) is 37.3 Å². The van der Waals surface area contributed by atoms with Crippen LogP contribution in [0.4, 0.5) is 11.4 Å². The van der Waals surface area contributed by atoms with E-state index in [1.54, 1.807) is 18.2 Å². The summed E-state index contributed by atoms with van der Waals surface area (Å²) in [5.41, 5.74) is 1.92. The summed E-state index contributed by atoms with van der Waals surface area (Å²) < 4.78 is 34.4. The fraction of sp³-hybridized carbons (Fsp3) is 0.269. The number of carboxylic acids is 1. The second-order valence-electron chi connectivity index (χ2n) is 7.81. The molecule has 0 unspecified atom stereocenters. The van der Waals surface area contributed by atoms with Crippen molar-refractivity contribution < 1.29 is 23.1 Å². The van der Waals surface area contributed by atoms with Crippen molar-refractivity contribution in [3.8, 4) is 5.75 Å². The van der Waals surface area contributed by atoms with E-state index >= 15 is 0 Å². The van der Waals surface area contributed by atoms with Gasteiger partial charge in [-0.25, -0.2) is 13.2 Å². The standard InChI is InChI=1S/C26H30N2O5S/c1-3-5-17-28(19-20-9-7-6-8-10-20)25-16-11-21(26(29)30)18-24(25)27-34(31,32)23-14-12-22(13-15-23)33-4-2/h6-16,18,27H,3-5,17,19H2,1-2H3,(H,29,30). The Bertz CT molecular complexity index is 1200. The number of carboxylic acid groups (broad SMARTS) is 1. The molecule has 0 saturated carbocycles. The Labute approximate surface area is 201 Å². The molecule has 0 atom stereocenters. The first-order valence-corrected chi connectivity index (χ1v) is 12.7. The molecule has 0 spiro atoms. The fourth-order valence-corrected chi connectivity index (χ4v) is 4.61. The van der Waals surface area contributed by atoms with Crippen LogP contribution in [0.15, 0.2) is 77.7 Å². The number of sulfonamides is 1. The quantitative estimate of drug-likeness (QED) is 0.359. The van der Waals surface area contributed by atoms with E-state index in [1.165, 1.54) is 24.3 Å². The maximum atomic E-state index is 13.2. The number of rotatable bonds is 12. The molecule has 0 saturated heterocycles. The van der Waals surface area contributed by atoms with Crippen molar-refractivity contribution in [2.75, 3.05) is 22.8 Å². The SMILES string of the molecule is CCCCN(Cc1ccccc1)c1ccc(C(=O)O)cc1NS(=O)(=O)c1ccc(OCC)cc1. The third-order valence-electron chi connectivity index (χ3n) is 5.27. The first kappa shape index (κ1) is 25.1. The fourth-order valence-electron chi connectivity index (χ4n) is 3.55. The zero-order valence-corrected chi connectivity index (χ0v) is 20.2. The molecule has 0 bridgehead atoms. The molecule has 0 fully saturated rings. The lowest BCUT2D eigenvalue weighted by atomic mass is 10.1. The molecule has 0 radical (unpaired) electrons. The summed E-state index contributed by atoms with van der Waals surface area (Å²) in [5, 5.41) is 9.51. The topological polar surface area (TPSA) is 95.9 Å². The number of hydrogen-bond acceptors (Lipinski definition) is 5. The second-order valence-corrected chi connectivity index (χ2v) is 9.49. The van der Waals surface area contributed by atoms with Crippen molar-refractivity contribution in [3.63, 3.8) is 0 Å². The van der Waals surface area contributed by atoms with Crippen LogP contribution in [0.5, 0.6) is 5.75 Å². The molecule has 3 aromatic rings. The number of unbranched alkanes of at least 4 members (excludes halogenated alkanes) is 1. The van der Waals surface area contributed by atoms with Crippen molar-refractivity contribution in [2.24, 2.45) is 0 Å². The predicted molar refractivity (Wildman–Crippen MR) is 134 cm³/mol. The van der Waals surface area contributed by atoms with E-state index in [9.17, 15) is 18.3 Å². The van der Waals surface area contributed by atoms with Crippen LogP contribution in [-0.4, -0.2) is 32.6 Å². The minimum Gasteiger partial charge on any atom is -0.494 e. The van der Waals surface area contributed by atoms with Gasteiger partial charge in [0.25, 0.3) is 10.0 Å². The highest BCUT2D eigenvalue weighted by Gasteiger charge is 2.21. The lowest BCUT2D eigenvalue weighted by molar-refractivity contribution is 0.0697. The maximum Gasteiger partial charge on any atom is 0.335 e. The smallest absolute Gasteiger partial charge is 0.335 e. The Hall–Kier alpha value is -3.52. The van der Waals surface area contributed by atoms with Crippen LogP contribution in [0.2, 0.25) is 0 Å². The molecule has 180 valence electrons. The van der Waals surface area contributed by atoms with Gasteiger partial charge in [-0.2, -0.15) is 0 Å². The van der Waals surface area contributed by atoms with Gasteiger partial charge in [-0.3, -0.25) is 4.72 Å². The second kappa shape index (κ2) is 11.6. The number of hydrogen-bond donors (Lipinski definition) is 2. The molecule has 3 aromatic carbocycles. The monoisotopic (exact) mass is 482 g/mol. The van der Waals surface area contributed by atoms with Crippen molar-refractivity contribution >= 4 is 27.4 Å². The highest BCUT2D eigenvalue weighted by Crippen LogP contribution is 2.31. The van der Waals surface area contributed by atoms with Gasteiger partial charge in [0.1, 0.15) is 5.75 Å². The highest BCUT2D eigenvalue weighted by molar-refractivity contribution is 7.92. The summed E-state index contributed by atoms with van der Waals surface area (Å²) in [4.78, 5) is 13.8. The molecule has 7 nitrogen and oxygen atoms in total. The van der Waals surface area contributed by atoms with Crippen LogP contribution in [0.3, 0.4) is 0 Å². The Balaban J connectivity index is 2.00. The van der Waals surface area contributed by atoms with E-state index in [0.29, 0.717) is 31.1 Å². The molecule has 0 aliphatic carbocycles. The average molecular weight is 483 g/mol. The molecular formula is C26H30N2O5S. The van der Waals surface area contributed by atoms with Gasteiger partial charge >= 0.3 is 5.97 Å². The summed E-state index contributed by atoms with van der Waals surface area (Å²) in [7, 11) is -3.96. The number of nitrogens with zero attached hydrogens (tertiary/aromatic N) is 1. The van der Waals surface area contributed by atoms with Gasteiger partial charge in [-0.15, -0.1) is 0 Å². The molecule has 0 aromatic heterocycles. The van der Waals surface area contributed by atoms with Crippen LogP contribution in [0.1, 0.15) is 42.6 Å². The molecule has 0 heterocycles. The third-order valence-corrected chi connectivity index (χ3v) is 6.65. The molecule has 3 rings (SSSR count). The van der Waals surface area contributed by atoms with Crippen LogP contribution in [0.25, 0.3) is 0 Å². The molecule has 2 N–H and O–H groups in total. The summed E-state index contributed by atoms with van der Waals surface area (Å²) in [6.45, 7) is 5.66. The van der Waals surface area contributed by atoms with E-state index in [4.69, 9.17) is 4.74 Å². The normalized spacial score (nSPS) is 11.1. The molecule has 34 heavy (non-hydrogen) atoms. The number of carbonyl (C=O) groups is 1. The number of ether oxygens (including phenoxy) is 1. The number of nitrogens with one attached hydrogen (secondary N) is 1. The van der Waals surface area contributed by atoms with E-state index in [-0.39, 0.29) is 16.1 Å². The Morgan fingerprint density at radius 3 is 2.32 bits per heavy atom. The van der Waals surface area contributed by atoms with Crippen molar-refractivity contribution in [1.29, 1.82) is 0 Å². The molecule has 0 aliphatic rings. The van der Waals surface area contributed by atoms with Crippen LogP contribution < -0.4 is 14.4 Å². The predicted octanol–water partition coefficient (Wildman–Crippen LogP) is 5.39. The van der Waals surface area contributed by atoms with Crippen molar-refractivity contribution in [1.82, 2.24) is 0 Å². The summed E-state index contributed by atoms with van der Waals surface area (Å²) >= 11 is 0. The largest absolute Gasteiger partial charge is 0.494 e. The Morgan fingerprint density at radius 2 is 1.71 bits per heavy atom. The van der Waals surface area contributed by atoms with Gasteiger partial charge in [0.15, 0.2) is 0 Å². The first-order chi connectivity index (χ1) is 16.3. The summed E-state index contributed by atoms with van der Waals surface area (Å²) in [5.74, 6) is -0.556. The van der Waals surface area contributed by atoms with E-state index < -0.39 is 16.0 Å². The van der Waals surface area contributed by atoms with Gasteiger partial charge in [0.2, 0.25) is 0 Å².